The summed E-state index contributed by atoms with van der Waals surface area (Å²) >= 11 is 0. The molecular weight excluding hydrogens is 128 g/mol. The molecule has 10 heavy (non-hydrogen) atoms. The van der Waals surface area contributed by atoms with E-state index in [2.05, 4.69) is 13.8 Å². The fraction of sp³-hybridized carbons (Fsp3) is 1.00. The Hall–Kier alpha value is -0.0800. The summed E-state index contributed by atoms with van der Waals surface area (Å²) in [6.45, 7) is 4.36. The van der Waals surface area contributed by atoms with Crippen LogP contribution >= 0.6 is 0 Å². The second-order valence-corrected chi connectivity index (χ2v) is 3.14. The summed E-state index contributed by atoms with van der Waals surface area (Å²) in [6, 6.07) is 0. The average Bonchev–Trinajstić information content (AvgIpc) is 1.85. The van der Waals surface area contributed by atoms with Crippen LogP contribution < -0.4 is 0 Å². The second kappa shape index (κ2) is 5.69. The zero-order valence-electron chi connectivity index (χ0n) is 6.88. The first-order chi connectivity index (χ1) is 4.66. The van der Waals surface area contributed by atoms with Gasteiger partial charge in [0.2, 0.25) is 0 Å². The molecular formula is C8H18O2. The van der Waals surface area contributed by atoms with Gasteiger partial charge in [0.15, 0.2) is 0 Å². The quantitative estimate of drug-likeness (QED) is 0.611. The van der Waals surface area contributed by atoms with Gasteiger partial charge in [-0.3, -0.25) is 0 Å². The summed E-state index contributed by atoms with van der Waals surface area (Å²) in [6.07, 6.45) is 2.08. The summed E-state index contributed by atoms with van der Waals surface area (Å²) < 4.78 is 0. The molecule has 2 N–H and O–H groups in total. The number of hydrogen-bond donors (Lipinski definition) is 2. The molecule has 0 aromatic heterocycles. The first-order valence-electron chi connectivity index (χ1n) is 3.95. The van der Waals surface area contributed by atoms with Crippen LogP contribution in [0.3, 0.4) is 0 Å². The van der Waals surface area contributed by atoms with Crippen molar-refractivity contribution in [2.75, 3.05) is 6.61 Å². The molecule has 1 atom stereocenters. The SMILES string of the molecule is CC(C)CC[C@@H](O)CCO. The fourth-order valence-electron chi connectivity index (χ4n) is 0.819. The Bertz CT molecular complexity index is 71.7. The molecule has 0 amide bonds. The van der Waals surface area contributed by atoms with E-state index in [0.29, 0.717) is 12.3 Å². The van der Waals surface area contributed by atoms with E-state index in [0.717, 1.165) is 12.8 Å². The summed E-state index contributed by atoms with van der Waals surface area (Å²) in [5.74, 6) is 0.647. The summed E-state index contributed by atoms with van der Waals surface area (Å²) in [5.41, 5.74) is 0. The molecule has 0 spiro atoms. The Morgan fingerprint density at radius 3 is 2.10 bits per heavy atom. The van der Waals surface area contributed by atoms with E-state index in [1.807, 2.05) is 0 Å². The molecule has 0 unspecified atom stereocenters. The molecule has 0 fully saturated rings. The minimum Gasteiger partial charge on any atom is -0.396 e. The Morgan fingerprint density at radius 2 is 1.70 bits per heavy atom. The van der Waals surface area contributed by atoms with Crippen LogP contribution in [0, 0.1) is 5.92 Å². The molecule has 2 nitrogen and oxygen atoms in total. The van der Waals surface area contributed by atoms with Crippen LogP contribution in [0.15, 0.2) is 0 Å². The smallest absolute Gasteiger partial charge is 0.0562 e. The van der Waals surface area contributed by atoms with Crippen molar-refractivity contribution in [2.45, 2.75) is 39.2 Å². The van der Waals surface area contributed by atoms with Crippen LogP contribution in [-0.4, -0.2) is 22.9 Å². The van der Waals surface area contributed by atoms with Crippen molar-refractivity contribution in [1.82, 2.24) is 0 Å². The van der Waals surface area contributed by atoms with Crippen molar-refractivity contribution in [3.8, 4) is 0 Å². The zero-order chi connectivity index (χ0) is 7.98. The molecule has 0 aliphatic heterocycles. The van der Waals surface area contributed by atoms with Crippen LogP contribution in [-0.2, 0) is 0 Å². The van der Waals surface area contributed by atoms with Gasteiger partial charge in [0.1, 0.15) is 0 Å². The van der Waals surface area contributed by atoms with Crippen molar-refractivity contribution >= 4 is 0 Å². The van der Waals surface area contributed by atoms with Crippen molar-refractivity contribution in [1.29, 1.82) is 0 Å². The van der Waals surface area contributed by atoms with Gasteiger partial charge in [0, 0.05) is 6.61 Å². The molecule has 0 bridgehead atoms. The normalized spacial score (nSPS) is 14.1. The number of rotatable bonds is 5. The van der Waals surface area contributed by atoms with Crippen molar-refractivity contribution in [3.05, 3.63) is 0 Å². The van der Waals surface area contributed by atoms with Crippen molar-refractivity contribution < 1.29 is 10.2 Å². The molecule has 0 heterocycles. The third kappa shape index (κ3) is 6.05. The first-order valence-corrected chi connectivity index (χ1v) is 3.95. The standard InChI is InChI=1S/C8H18O2/c1-7(2)3-4-8(10)5-6-9/h7-10H,3-6H2,1-2H3/t8-/m1/s1. The van der Waals surface area contributed by atoms with Crippen molar-refractivity contribution in [3.63, 3.8) is 0 Å². The number of aliphatic hydroxyl groups excluding tert-OH is 2. The summed E-state index contributed by atoms with van der Waals surface area (Å²) in [5, 5.41) is 17.6. The first kappa shape index (κ1) is 9.92. The predicted octanol–water partition coefficient (Wildman–Crippen LogP) is 1.17. The van der Waals surface area contributed by atoms with Gasteiger partial charge in [-0.15, -0.1) is 0 Å². The molecule has 0 saturated carbocycles. The maximum absolute atomic E-state index is 9.14. The van der Waals surface area contributed by atoms with E-state index < -0.39 is 0 Å². The summed E-state index contributed by atoms with van der Waals surface area (Å²) in [4.78, 5) is 0. The van der Waals surface area contributed by atoms with E-state index in [1.165, 1.54) is 0 Å². The van der Waals surface area contributed by atoms with E-state index >= 15 is 0 Å². The lowest BCUT2D eigenvalue weighted by atomic mass is 10.0. The third-order valence-corrected chi connectivity index (χ3v) is 1.54. The fourth-order valence-corrected chi connectivity index (χ4v) is 0.819. The molecule has 0 aliphatic carbocycles. The molecule has 0 radical (unpaired) electrons. The average molecular weight is 146 g/mol. The molecule has 0 aromatic rings. The van der Waals surface area contributed by atoms with Gasteiger partial charge in [-0.2, -0.15) is 0 Å². The monoisotopic (exact) mass is 146 g/mol. The lowest BCUT2D eigenvalue weighted by Gasteiger charge is -2.09. The minimum absolute atomic E-state index is 0.0965. The van der Waals surface area contributed by atoms with E-state index in [-0.39, 0.29) is 12.7 Å². The highest BCUT2D eigenvalue weighted by Gasteiger charge is 2.03. The number of aliphatic hydroxyl groups is 2. The summed E-state index contributed by atoms with van der Waals surface area (Å²) in [7, 11) is 0. The van der Waals surface area contributed by atoms with Crippen LogP contribution in [0.2, 0.25) is 0 Å². The maximum Gasteiger partial charge on any atom is 0.0562 e. The molecule has 62 valence electrons. The van der Waals surface area contributed by atoms with Gasteiger partial charge >= 0.3 is 0 Å². The van der Waals surface area contributed by atoms with E-state index in [1.54, 1.807) is 0 Å². The van der Waals surface area contributed by atoms with Gasteiger partial charge in [-0.05, 0) is 25.2 Å². The zero-order valence-corrected chi connectivity index (χ0v) is 6.88. The molecule has 2 heteroatoms. The molecule has 0 aromatic carbocycles. The lowest BCUT2D eigenvalue weighted by Crippen LogP contribution is -2.09. The molecule has 0 rings (SSSR count). The number of hydrogen-bond acceptors (Lipinski definition) is 2. The van der Waals surface area contributed by atoms with E-state index in [4.69, 9.17) is 10.2 Å². The largest absolute Gasteiger partial charge is 0.396 e. The maximum atomic E-state index is 9.14. The Morgan fingerprint density at radius 1 is 1.10 bits per heavy atom. The lowest BCUT2D eigenvalue weighted by molar-refractivity contribution is 0.119. The predicted molar refractivity (Wildman–Crippen MR) is 41.8 cm³/mol. The Balaban J connectivity index is 3.12. The van der Waals surface area contributed by atoms with E-state index in [9.17, 15) is 0 Å². The van der Waals surface area contributed by atoms with Crippen LogP contribution in [0.5, 0.6) is 0 Å². The highest BCUT2D eigenvalue weighted by atomic mass is 16.3. The van der Waals surface area contributed by atoms with Crippen LogP contribution in [0.1, 0.15) is 33.1 Å². The Labute approximate surface area is 62.9 Å². The van der Waals surface area contributed by atoms with Gasteiger partial charge in [-0.25, -0.2) is 0 Å². The van der Waals surface area contributed by atoms with Gasteiger partial charge in [-0.1, -0.05) is 13.8 Å². The van der Waals surface area contributed by atoms with Gasteiger partial charge < -0.3 is 10.2 Å². The second-order valence-electron chi connectivity index (χ2n) is 3.14. The highest BCUT2D eigenvalue weighted by molar-refractivity contribution is 4.56. The van der Waals surface area contributed by atoms with Crippen molar-refractivity contribution in [2.24, 2.45) is 5.92 Å². The highest BCUT2D eigenvalue weighted by Crippen LogP contribution is 2.08. The third-order valence-electron chi connectivity index (χ3n) is 1.54. The molecule has 0 aliphatic rings. The van der Waals surface area contributed by atoms with Crippen LogP contribution in [0.4, 0.5) is 0 Å². The topological polar surface area (TPSA) is 40.5 Å². The Kier molecular flexibility index (Phi) is 5.64. The van der Waals surface area contributed by atoms with Gasteiger partial charge in [0.05, 0.1) is 6.10 Å². The molecule has 0 saturated heterocycles. The van der Waals surface area contributed by atoms with Gasteiger partial charge in [0.25, 0.3) is 0 Å². The van der Waals surface area contributed by atoms with Crippen LogP contribution in [0.25, 0.3) is 0 Å². The minimum atomic E-state index is -0.299.